The second-order valence-corrected chi connectivity index (χ2v) is 2.77. The summed E-state index contributed by atoms with van der Waals surface area (Å²) in [7, 11) is 0. The molecule has 0 spiro atoms. The van der Waals surface area contributed by atoms with E-state index < -0.39 is 18.2 Å². The average Bonchev–Trinajstić information content (AvgIpc) is 2.27. The third-order valence-corrected chi connectivity index (χ3v) is 1.72. The monoisotopic (exact) mass is 208 g/mol. The lowest BCUT2D eigenvalue weighted by atomic mass is 10.1. The van der Waals surface area contributed by atoms with Crippen molar-refractivity contribution in [3.63, 3.8) is 0 Å². The lowest BCUT2D eigenvalue weighted by Crippen LogP contribution is -2.18. The highest BCUT2D eigenvalue weighted by atomic mass is 16.4. The Morgan fingerprint density at radius 2 is 2.13 bits per heavy atom. The number of aromatic nitrogens is 1. The van der Waals surface area contributed by atoms with Gasteiger partial charge in [0.1, 0.15) is 11.8 Å². The Morgan fingerprint density at radius 1 is 1.47 bits per heavy atom. The predicted octanol–water partition coefficient (Wildman–Crippen LogP) is -0.302. The lowest BCUT2D eigenvalue weighted by Gasteiger charge is -2.10. The largest absolute Gasteiger partial charge is 0.477 e. The van der Waals surface area contributed by atoms with Gasteiger partial charge in [-0.25, -0.2) is 9.78 Å². The van der Waals surface area contributed by atoms with E-state index in [1.54, 1.807) is 0 Å². The summed E-state index contributed by atoms with van der Waals surface area (Å²) < 4.78 is 0. The molecule has 2 unspecified atom stereocenters. The van der Waals surface area contributed by atoms with Crippen LogP contribution in [0.15, 0.2) is 18.2 Å². The number of rotatable bonds is 3. The third kappa shape index (κ3) is 2.49. The number of pyridine rings is 1. The number of hydrogen-bond donors (Lipinski definition) is 3. The van der Waals surface area contributed by atoms with Gasteiger partial charge in [0, 0.05) is 0 Å². The van der Waals surface area contributed by atoms with E-state index in [2.05, 4.69) is 4.98 Å². The Balaban J connectivity index is 3.01. The highest BCUT2D eigenvalue weighted by Gasteiger charge is 2.19. The molecule has 0 aromatic carbocycles. The van der Waals surface area contributed by atoms with Gasteiger partial charge in [-0.1, -0.05) is 6.07 Å². The second kappa shape index (κ2) is 4.50. The van der Waals surface area contributed by atoms with Gasteiger partial charge in [0.15, 0.2) is 6.10 Å². The molecule has 0 bridgehead atoms. The highest BCUT2D eigenvalue weighted by Crippen LogP contribution is 2.14. The minimum Gasteiger partial charge on any atom is -0.477 e. The first-order chi connectivity index (χ1) is 7.06. The fourth-order valence-corrected chi connectivity index (χ4v) is 0.968. The lowest BCUT2D eigenvalue weighted by molar-refractivity contribution is 0.0493. The topological polar surface area (TPSA) is 114 Å². The molecule has 6 nitrogen and oxygen atoms in total. The van der Waals surface area contributed by atoms with E-state index in [9.17, 15) is 9.90 Å². The molecule has 15 heavy (non-hydrogen) atoms. The van der Waals surface area contributed by atoms with Gasteiger partial charge in [0.25, 0.3) is 0 Å². The van der Waals surface area contributed by atoms with Crippen LogP contribution in [0, 0.1) is 11.3 Å². The van der Waals surface area contributed by atoms with Crippen LogP contribution in [-0.4, -0.2) is 32.4 Å². The molecule has 0 aliphatic rings. The third-order valence-electron chi connectivity index (χ3n) is 1.72. The van der Waals surface area contributed by atoms with Crippen molar-refractivity contribution in [2.75, 3.05) is 0 Å². The smallest absolute Gasteiger partial charge is 0.354 e. The fraction of sp³-hybridized carbons (Fsp3) is 0.222. The van der Waals surface area contributed by atoms with Crippen LogP contribution < -0.4 is 0 Å². The Morgan fingerprint density at radius 3 is 2.67 bits per heavy atom. The number of aliphatic hydroxyl groups is 2. The zero-order valence-corrected chi connectivity index (χ0v) is 7.53. The first-order valence-electron chi connectivity index (χ1n) is 4.02. The van der Waals surface area contributed by atoms with Crippen molar-refractivity contribution in [2.45, 2.75) is 12.2 Å². The van der Waals surface area contributed by atoms with Crippen LogP contribution >= 0.6 is 0 Å². The summed E-state index contributed by atoms with van der Waals surface area (Å²) in [6.45, 7) is 0. The Kier molecular flexibility index (Phi) is 3.33. The molecule has 0 radical (unpaired) electrons. The van der Waals surface area contributed by atoms with Gasteiger partial charge in [-0.05, 0) is 12.1 Å². The van der Waals surface area contributed by atoms with Crippen molar-refractivity contribution in [1.82, 2.24) is 4.98 Å². The summed E-state index contributed by atoms with van der Waals surface area (Å²) in [4.78, 5) is 14.1. The summed E-state index contributed by atoms with van der Waals surface area (Å²) in [6, 6.07) is 5.38. The van der Waals surface area contributed by atoms with Gasteiger partial charge in [-0.3, -0.25) is 0 Å². The van der Waals surface area contributed by atoms with Crippen molar-refractivity contribution >= 4 is 5.97 Å². The molecule has 0 saturated heterocycles. The molecule has 0 amide bonds. The van der Waals surface area contributed by atoms with Crippen LogP contribution in [-0.2, 0) is 0 Å². The maximum absolute atomic E-state index is 10.5. The second-order valence-electron chi connectivity index (χ2n) is 2.77. The molecule has 0 fully saturated rings. The standard InChI is InChI=1S/C9H8N2O4/c10-4-7(12)8(13)5-2-1-3-6(11-5)9(14)15/h1-3,7-8,12-13H,(H,14,15). The summed E-state index contributed by atoms with van der Waals surface area (Å²) >= 11 is 0. The minimum atomic E-state index is -1.62. The van der Waals surface area contributed by atoms with Gasteiger partial charge < -0.3 is 15.3 Å². The quantitative estimate of drug-likeness (QED) is 0.587. The van der Waals surface area contributed by atoms with Gasteiger partial charge >= 0.3 is 5.97 Å². The molecule has 1 heterocycles. The van der Waals surface area contributed by atoms with E-state index >= 15 is 0 Å². The van der Waals surface area contributed by atoms with Gasteiger partial charge in [-0.15, -0.1) is 0 Å². The first-order valence-corrected chi connectivity index (χ1v) is 4.02. The molecule has 2 atom stereocenters. The van der Waals surface area contributed by atoms with E-state index in [1.807, 2.05) is 0 Å². The molecule has 0 saturated carbocycles. The van der Waals surface area contributed by atoms with Gasteiger partial charge in [0.05, 0.1) is 11.8 Å². The van der Waals surface area contributed by atoms with E-state index in [1.165, 1.54) is 24.3 Å². The van der Waals surface area contributed by atoms with Crippen molar-refractivity contribution in [2.24, 2.45) is 0 Å². The van der Waals surface area contributed by atoms with E-state index in [0.717, 1.165) is 0 Å². The summed E-state index contributed by atoms with van der Waals surface area (Å²) in [5, 5.41) is 35.3. The van der Waals surface area contributed by atoms with Gasteiger partial charge in [0.2, 0.25) is 0 Å². The van der Waals surface area contributed by atoms with Crippen molar-refractivity contribution in [3.8, 4) is 6.07 Å². The van der Waals surface area contributed by atoms with Crippen LogP contribution in [0.3, 0.4) is 0 Å². The number of nitrogens with zero attached hydrogens (tertiary/aromatic N) is 2. The zero-order chi connectivity index (χ0) is 11.4. The highest BCUT2D eigenvalue weighted by molar-refractivity contribution is 5.85. The van der Waals surface area contributed by atoms with Crippen molar-refractivity contribution < 1.29 is 20.1 Å². The molecule has 1 aromatic rings. The average molecular weight is 208 g/mol. The number of nitriles is 1. The van der Waals surface area contributed by atoms with Crippen molar-refractivity contribution in [3.05, 3.63) is 29.6 Å². The first kappa shape index (κ1) is 11.1. The summed E-state index contributed by atoms with van der Waals surface area (Å²) in [6.07, 6.45) is -3.13. The van der Waals surface area contributed by atoms with Crippen LogP contribution in [0.5, 0.6) is 0 Å². The molecular weight excluding hydrogens is 200 g/mol. The number of aliphatic hydroxyl groups excluding tert-OH is 2. The molecule has 3 N–H and O–H groups in total. The maximum Gasteiger partial charge on any atom is 0.354 e. The Bertz CT molecular complexity index is 413. The van der Waals surface area contributed by atoms with Crippen LogP contribution in [0.25, 0.3) is 0 Å². The maximum atomic E-state index is 10.5. The van der Waals surface area contributed by atoms with Crippen molar-refractivity contribution in [1.29, 1.82) is 5.26 Å². The fourth-order valence-electron chi connectivity index (χ4n) is 0.968. The van der Waals surface area contributed by atoms with E-state index in [0.29, 0.717) is 0 Å². The SMILES string of the molecule is N#CC(O)C(O)c1cccc(C(=O)O)n1. The number of carboxylic acids is 1. The zero-order valence-electron chi connectivity index (χ0n) is 7.53. The number of aromatic carboxylic acids is 1. The molecule has 0 aliphatic carbocycles. The van der Waals surface area contributed by atoms with E-state index in [4.69, 9.17) is 15.5 Å². The van der Waals surface area contributed by atoms with Crippen LogP contribution in [0.2, 0.25) is 0 Å². The summed E-state index contributed by atoms with van der Waals surface area (Å²) in [5.74, 6) is -1.24. The van der Waals surface area contributed by atoms with E-state index in [-0.39, 0.29) is 11.4 Å². The predicted molar refractivity (Wildman–Crippen MR) is 47.8 cm³/mol. The Hall–Kier alpha value is -1.97. The summed E-state index contributed by atoms with van der Waals surface area (Å²) in [5.41, 5.74) is -0.305. The molecule has 0 aliphatic heterocycles. The Labute approximate surface area is 85.0 Å². The number of carboxylic acid groups (broad SMARTS) is 1. The molecule has 78 valence electrons. The molecular formula is C9H8N2O4. The van der Waals surface area contributed by atoms with Crippen LogP contribution in [0.1, 0.15) is 22.3 Å². The normalized spacial score (nSPS) is 13.9. The molecule has 1 aromatic heterocycles. The van der Waals surface area contributed by atoms with Gasteiger partial charge in [-0.2, -0.15) is 5.26 Å². The number of carbonyl (C=O) groups is 1. The van der Waals surface area contributed by atoms with Crippen LogP contribution in [0.4, 0.5) is 0 Å². The minimum absolute atomic E-state index is 0.0519. The molecule has 1 rings (SSSR count). The number of hydrogen-bond acceptors (Lipinski definition) is 5. The molecule has 6 heteroatoms.